The first-order valence-corrected chi connectivity index (χ1v) is 6.31. The van der Waals surface area contributed by atoms with Crippen molar-refractivity contribution in [1.82, 2.24) is 0 Å². The molecule has 21 heavy (non-hydrogen) atoms. The van der Waals surface area contributed by atoms with E-state index in [1.54, 1.807) is 49.5 Å². The van der Waals surface area contributed by atoms with E-state index in [1.165, 1.54) is 23.1 Å². The maximum atomic E-state index is 13.0. The first-order chi connectivity index (χ1) is 10.1. The van der Waals surface area contributed by atoms with Crippen LogP contribution in [0.1, 0.15) is 11.1 Å². The predicted molar refractivity (Wildman–Crippen MR) is 80.0 cm³/mol. The Kier molecular flexibility index (Phi) is 4.47. The minimum Gasteiger partial charge on any atom is -0.312 e. The number of carbonyl (C=O) groups excluding carboxylic acids is 1. The molecule has 0 spiro atoms. The van der Waals surface area contributed by atoms with E-state index >= 15 is 0 Å². The smallest absolute Gasteiger partial charge is 0.250 e. The minimum absolute atomic E-state index is 0.255. The van der Waals surface area contributed by atoms with E-state index in [4.69, 9.17) is 5.26 Å². The van der Waals surface area contributed by atoms with E-state index in [9.17, 15) is 9.18 Å². The summed E-state index contributed by atoms with van der Waals surface area (Å²) in [6.07, 6.45) is 2.92. The average molecular weight is 280 g/mol. The molecule has 4 heteroatoms. The number of rotatable bonds is 3. The summed E-state index contributed by atoms with van der Waals surface area (Å²) in [5.74, 6) is -0.603. The maximum Gasteiger partial charge on any atom is 0.250 e. The van der Waals surface area contributed by atoms with Crippen molar-refractivity contribution in [3.05, 3.63) is 71.6 Å². The molecular formula is C17H13FN2O. The molecule has 0 saturated carbocycles. The molecule has 0 aliphatic rings. The molecule has 0 atom stereocenters. The lowest BCUT2D eigenvalue weighted by atomic mass is 10.2. The topological polar surface area (TPSA) is 44.1 Å². The lowest BCUT2D eigenvalue weighted by Gasteiger charge is -2.15. The lowest BCUT2D eigenvalue weighted by Crippen LogP contribution is -2.23. The number of halogens is 1. The molecule has 2 aromatic carbocycles. The molecule has 1 amide bonds. The van der Waals surface area contributed by atoms with Gasteiger partial charge < -0.3 is 4.90 Å². The molecule has 2 rings (SSSR count). The number of likely N-dealkylation sites (N-methyl/N-ethyl adjacent to an activating group) is 1. The molecular weight excluding hydrogens is 267 g/mol. The van der Waals surface area contributed by atoms with Crippen LogP contribution >= 0.6 is 0 Å². The molecule has 0 fully saturated rings. The van der Waals surface area contributed by atoms with E-state index in [2.05, 4.69) is 0 Å². The molecule has 0 unspecified atom stereocenters. The number of benzene rings is 2. The summed E-state index contributed by atoms with van der Waals surface area (Å²) >= 11 is 0. The second-order valence-electron chi connectivity index (χ2n) is 4.45. The lowest BCUT2D eigenvalue weighted by molar-refractivity contribution is -0.113. The number of nitrogens with zero attached hydrogens (tertiary/aromatic N) is 2. The fraction of sp³-hybridized carbons (Fsp3) is 0.0588. The van der Waals surface area contributed by atoms with Gasteiger partial charge in [-0.15, -0.1) is 0 Å². The van der Waals surface area contributed by atoms with E-state index in [-0.39, 0.29) is 11.7 Å². The van der Waals surface area contributed by atoms with Crippen LogP contribution in [-0.4, -0.2) is 13.0 Å². The highest BCUT2D eigenvalue weighted by molar-refractivity contribution is 6.03. The number of anilines is 1. The van der Waals surface area contributed by atoms with E-state index in [0.29, 0.717) is 16.8 Å². The van der Waals surface area contributed by atoms with Gasteiger partial charge in [0.2, 0.25) is 0 Å². The van der Waals surface area contributed by atoms with Gasteiger partial charge in [-0.25, -0.2) is 4.39 Å². The molecule has 2 aromatic rings. The zero-order valence-electron chi connectivity index (χ0n) is 11.5. The maximum absolute atomic E-state index is 13.0. The summed E-state index contributed by atoms with van der Waals surface area (Å²) in [5, 5.41) is 8.86. The van der Waals surface area contributed by atoms with E-state index in [1.807, 2.05) is 6.07 Å². The van der Waals surface area contributed by atoms with Crippen LogP contribution in [0.2, 0.25) is 0 Å². The van der Waals surface area contributed by atoms with Crippen LogP contribution in [0.5, 0.6) is 0 Å². The Bertz CT molecular complexity index is 732. The predicted octanol–water partition coefficient (Wildman–Crippen LogP) is 3.37. The fourth-order valence-corrected chi connectivity index (χ4v) is 1.80. The SMILES string of the molecule is CN(C(=O)C=Cc1cccc(F)c1)c1cccc(C#N)c1. The van der Waals surface area contributed by atoms with Crippen molar-refractivity contribution >= 4 is 17.7 Å². The van der Waals surface area contributed by atoms with Gasteiger partial charge in [-0.2, -0.15) is 5.26 Å². The van der Waals surface area contributed by atoms with Crippen LogP contribution in [0, 0.1) is 17.1 Å². The summed E-state index contributed by atoms with van der Waals surface area (Å²) in [6, 6.07) is 14.8. The summed E-state index contributed by atoms with van der Waals surface area (Å²) < 4.78 is 13.0. The largest absolute Gasteiger partial charge is 0.312 e. The van der Waals surface area contributed by atoms with Crippen molar-refractivity contribution < 1.29 is 9.18 Å². The average Bonchev–Trinajstić information content (AvgIpc) is 2.52. The molecule has 0 aromatic heterocycles. The third-order valence-corrected chi connectivity index (χ3v) is 2.96. The van der Waals surface area contributed by atoms with Crippen LogP contribution < -0.4 is 4.90 Å². The number of nitriles is 1. The number of hydrogen-bond donors (Lipinski definition) is 0. The summed E-state index contributed by atoms with van der Waals surface area (Å²) in [6.45, 7) is 0. The third-order valence-electron chi connectivity index (χ3n) is 2.96. The highest BCUT2D eigenvalue weighted by atomic mass is 19.1. The Labute approximate surface area is 122 Å². The third kappa shape index (κ3) is 3.77. The Balaban J connectivity index is 2.14. The first kappa shape index (κ1) is 14.5. The molecule has 0 aliphatic carbocycles. The van der Waals surface area contributed by atoms with Crippen LogP contribution in [0.3, 0.4) is 0 Å². The first-order valence-electron chi connectivity index (χ1n) is 6.31. The molecule has 0 aliphatic heterocycles. The Morgan fingerprint density at radius 1 is 1.24 bits per heavy atom. The Hall–Kier alpha value is -2.93. The zero-order valence-corrected chi connectivity index (χ0v) is 11.5. The molecule has 0 bridgehead atoms. The van der Waals surface area contributed by atoms with Crippen molar-refractivity contribution in [2.75, 3.05) is 11.9 Å². The molecule has 0 radical (unpaired) electrons. The molecule has 0 N–H and O–H groups in total. The normalized spacial score (nSPS) is 10.3. The molecule has 104 valence electrons. The second kappa shape index (κ2) is 6.49. The summed E-state index contributed by atoms with van der Waals surface area (Å²) in [5.41, 5.74) is 1.73. The van der Waals surface area contributed by atoms with Gasteiger partial charge in [0, 0.05) is 18.8 Å². The Morgan fingerprint density at radius 2 is 2.00 bits per heavy atom. The van der Waals surface area contributed by atoms with Gasteiger partial charge >= 0.3 is 0 Å². The highest BCUT2D eigenvalue weighted by Crippen LogP contribution is 2.15. The summed E-state index contributed by atoms with van der Waals surface area (Å²) in [4.78, 5) is 13.5. The van der Waals surface area contributed by atoms with Gasteiger partial charge in [-0.05, 0) is 42.0 Å². The van der Waals surface area contributed by atoms with Crippen molar-refractivity contribution in [2.45, 2.75) is 0 Å². The number of amides is 1. The van der Waals surface area contributed by atoms with Gasteiger partial charge in [0.15, 0.2) is 0 Å². The van der Waals surface area contributed by atoms with Crippen molar-refractivity contribution in [1.29, 1.82) is 5.26 Å². The van der Waals surface area contributed by atoms with E-state index < -0.39 is 0 Å². The van der Waals surface area contributed by atoms with Gasteiger partial charge in [0.25, 0.3) is 5.91 Å². The van der Waals surface area contributed by atoms with E-state index in [0.717, 1.165) is 0 Å². The standard InChI is InChI=1S/C17H13FN2O/c1-20(16-7-3-5-14(11-16)12-19)17(21)9-8-13-4-2-6-15(18)10-13/h2-11H,1H3. The highest BCUT2D eigenvalue weighted by Gasteiger charge is 2.08. The monoisotopic (exact) mass is 280 g/mol. The minimum atomic E-state index is -0.348. The van der Waals surface area contributed by atoms with Crippen molar-refractivity contribution in [2.24, 2.45) is 0 Å². The Morgan fingerprint density at radius 3 is 2.71 bits per heavy atom. The number of carbonyl (C=O) groups is 1. The van der Waals surface area contributed by atoms with Gasteiger partial charge in [-0.3, -0.25) is 4.79 Å². The zero-order chi connectivity index (χ0) is 15.2. The van der Waals surface area contributed by atoms with Crippen LogP contribution in [0.25, 0.3) is 6.08 Å². The van der Waals surface area contributed by atoms with Crippen molar-refractivity contribution in [3.8, 4) is 6.07 Å². The van der Waals surface area contributed by atoms with Crippen LogP contribution in [-0.2, 0) is 4.79 Å². The summed E-state index contributed by atoms with van der Waals surface area (Å²) in [7, 11) is 1.62. The van der Waals surface area contributed by atoms with Gasteiger partial charge in [-0.1, -0.05) is 18.2 Å². The van der Waals surface area contributed by atoms with Crippen molar-refractivity contribution in [3.63, 3.8) is 0 Å². The van der Waals surface area contributed by atoms with Gasteiger partial charge in [0.1, 0.15) is 5.82 Å². The quantitative estimate of drug-likeness (QED) is 0.809. The number of hydrogen-bond acceptors (Lipinski definition) is 2. The molecule has 0 heterocycles. The molecule has 0 saturated heterocycles. The van der Waals surface area contributed by atoms with Crippen LogP contribution in [0.4, 0.5) is 10.1 Å². The fourth-order valence-electron chi connectivity index (χ4n) is 1.80. The van der Waals surface area contributed by atoms with Gasteiger partial charge in [0.05, 0.1) is 11.6 Å². The second-order valence-corrected chi connectivity index (χ2v) is 4.45. The molecule has 3 nitrogen and oxygen atoms in total. The van der Waals surface area contributed by atoms with Crippen LogP contribution in [0.15, 0.2) is 54.6 Å².